The van der Waals surface area contributed by atoms with Crippen LogP contribution in [0.3, 0.4) is 0 Å². The predicted octanol–water partition coefficient (Wildman–Crippen LogP) is -1.11. The molecule has 0 aromatic heterocycles. The van der Waals surface area contributed by atoms with Gasteiger partial charge in [-0.2, -0.15) is 0 Å². The van der Waals surface area contributed by atoms with Crippen LogP contribution in [0, 0.1) is 0 Å². The molecule has 1 aliphatic heterocycles. The summed E-state index contributed by atoms with van der Waals surface area (Å²) in [6, 6.07) is -0.324. The number of hydrogen-bond acceptors (Lipinski definition) is 3. The first-order chi connectivity index (χ1) is 5.61. The minimum Gasteiger partial charge on any atom is -0.480 e. The average molecular weight is 172 g/mol. The Labute approximate surface area is 70.4 Å². The zero-order valence-corrected chi connectivity index (χ0v) is 6.91. The SMILES string of the molecule is CC1C(=O)NCCN1CC(=O)O. The van der Waals surface area contributed by atoms with Crippen molar-refractivity contribution in [1.82, 2.24) is 10.2 Å². The number of piperazine rings is 1. The van der Waals surface area contributed by atoms with Crippen LogP contribution in [0.15, 0.2) is 0 Å². The Morgan fingerprint density at radius 2 is 2.50 bits per heavy atom. The Balaban J connectivity index is 2.52. The maximum Gasteiger partial charge on any atom is 0.317 e. The van der Waals surface area contributed by atoms with Gasteiger partial charge in [0.1, 0.15) is 0 Å². The predicted molar refractivity (Wildman–Crippen MR) is 41.7 cm³/mol. The van der Waals surface area contributed by atoms with E-state index in [1.807, 2.05) is 0 Å². The highest BCUT2D eigenvalue weighted by molar-refractivity contribution is 5.82. The second kappa shape index (κ2) is 3.53. The van der Waals surface area contributed by atoms with Crippen LogP contribution in [0.5, 0.6) is 0 Å². The lowest BCUT2D eigenvalue weighted by molar-refractivity contribution is -0.140. The van der Waals surface area contributed by atoms with E-state index in [9.17, 15) is 9.59 Å². The van der Waals surface area contributed by atoms with Crippen LogP contribution >= 0.6 is 0 Å². The summed E-state index contributed by atoms with van der Waals surface area (Å²) in [6.07, 6.45) is 0. The minimum atomic E-state index is -0.892. The molecular weight excluding hydrogens is 160 g/mol. The first-order valence-corrected chi connectivity index (χ1v) is 3.85. The zero-order valence-electron chi connectivity index (χ0n) is 6.91. The van der Waals surface area contributed by atoms with Crippen LogP contribution in [-0.4, -0.2) is 47.6 Å². The smallest absolute Gasteiger partial charge is 0.317 e. The Morgan fingerprint density at radius 3 is 3.08 bits per heavy atom. The van der Waals surface area contributed by atoms with E-state index in [4.69, 9.17) is 5.11 Å². The molecule has 1 heterocycles. The topological polar surface area (TPSA) is 69.6 Å². The lowest BCUT2D eigenvalue weighted by atomic mass is 10.2. The largest absolute Gasteiger partial charge is 0.480 e. The summed E-state index contributed by atoms with van der Waals surface area (Å²) in [5.74, 6) is -0.987. The third-order valence-electron chi connectivity index (χ3n) is 1.96. The molecule has 0 radical (unpaired) electrons. The summed E-state index contributed by atoms with van der Waals surface area (Å²) in [7, 11) is 0. The monoisotopic (exact) mass is 172 g/mol. The Morgan fingerprint density at radius 1 is 1.83 bits per heavy atom. The fraction of sp³-hybridized carbons (Fsp3) is 0.714. The van der Waals surface area contributed by atoms with E-state index in [0.29, 0.717) is 13.1 Å². The number of rotatable bonds is 2. The van der Waals surface area contributed by atoms with Crippen molar-refractivity contribution >= 4 is 11.9 Å². The number of carbonyl (C=O) groups is 2. The number of carboxylic acids is 1. The maximum atomic E-state index is 11.0. The van der Waals surface area contributed by atoms with Gasteiger partial charge < -0.3 is 10.4 Å². The van der Waals surface area contributed by atoms with Crippen LogP contribution in [0.4, 0.5) is 0 Å². The molecule has 1 fully saturated rings. The van der Waals surface area contributed by atoms with Crippen molar-refractivity contribution in [3.8, 4) is 0 Å². The van der Waals surface area contributed by atoms with Gasteiger partial charge in [-0.05, 0) is 6.92 Å². The second-order valence-electron chi connectivity index (χ2n) is 2.83. The number of nitrogens with one attached hydrogen (secondary N) is 1. The third-order valence-corrected chi connectivity index (χ3v) is 1.96. The molecule has 0 aliphatic carbocycles. The maximum absolute atomic E-state index is 11.0. The van der Waals surface area contributed by atoms with Gasteiger partial charge in [-0.1, -0.05) is 0 Å². The Kier molecular flexibility index (Phi) is 2.65. The molecule has 1 amide bonds. The van der Waals surface area contributed by atoms with E-state index in [-0.39, 0.29) is 18.5 Å². The first kappa shape index (κ1) is 8.99. The van der Waals surface area contributed by atoms with Gasteiger partial charge in [0.25, 0.3) is 0 Å². The molecule has 1 saturated heterocycles. The summed E-state index contributed by atoms with van der Waals surface area (Å²) < 4.78 is 0. The molecule has 0 spiro atoms. The molecule has 1 atom stereocenters. The Hall–Kier alpha value is -1.10. The van der Waals surface area contributed by atoms with Crippen molar-refractivity contribution in [2.24, 2.45) is 0 Å². The van der Waals surface area contributed by atoms with Crippen LogP contribution in [0.1, 0.15) is 6.92 Å². The quantitative estimate of drug-likeness (QED) is 0.554. The average Bonchev–Trinajstić information content (AvgIpc) is 1.98. The standard InChI is InChI=1S/C7H12N2O3/c1-5-7(12)8-2-3-9(5)4-6(10)11/h5H,2-4H2,1H3,(H,8,12)(H,10,11). The molecular formula is C7H12N2O3. The summed E-state index contributed by atoms with van der Waals surface area (Å²) in [5.41, 5.74) is 0. The van der Waals surface area contributed by atoms with Crippen molar-refractivity contribution in [2.45, 2.75) is 13.0 Å². The molecule has 0 aromatic carbocycles. The van der Waals surface area contributed by atoms with E-state index >= 15 is 0 Å². The fourth-order valence-electron chi connectivity index (χ4n) is 1.22. The lowest BCUT2D eigenvalue weighted by Crippen LogP contribution is -2.54. The van der Waals surface area contributed by atoms with Crippen LogP contribution in [0.25, 0.3) is 0 Å². The van der Waals surface area contributed by atoms with E-state index in [1.165, 1.54) is 0 Å². The van der Waals surface area contributed by atoms with Crippen LogP contribution in [0.2, 0.25) is 0 Å². The molecule has 1 aliphatic rings. The van der Waals surface area contributed by atoms with Crippen LogP contribution < -0.4 is 5.32 Å². The number of carboxylic acid groups (broad SMARTS) is 1. The molecule has 0 aromatic rings. The minimum absolute atomic E-state index is 0.0609. The number of hydrogen-bond donors (Lipinski definition) is 2. The van der Waals surface area contributed by atoms with Gasteiger partial charge >= 0.3 is 5.97 Å². The van der Waals surface area contributed by atoms with Gasteiger partial charge in [0, 0.05) is 13.1 Å². The van der Waals surface area contributed by atoms with E-state index in [2.05, 4.69) is 5.32 Å². The highest BCUT2D eigenvalue weighted by Crippen LogP contribution is 2.02. The van der Waals surface area contributed by atoms with E-state index in [1.54, 1.807) is 11.8 Å². The van der Waals surface area contributed by atoms with Gasteiger partial charge in [0.05, 0.1) is 12.6 Å². The van der Waals surface area contributed by atoms with E-state index < -0.39 is 5.97 Å². The van der Waals surface area contributed by atoms with Crippen molar-refractivity contribution in [3.63, 3.8) is 0 Å². The van der Waals surface area contributed by atoms with Gasteiger partial charge in [0.2, 0.25) is 5.91 Å². The van der Waals surface area contributed by atoms with Crippen molar-refractivity contribution in [1.29, 1.82) is 0 Å². The van der Waals surface area contributed by atoms with Gasteiger partial charge in [-0.3, -0.25) is 14.5 Å². The lowest BCUT2D eigenvalue weighted by Gasteiger charge is -2.31. The second-order valence-corrected chi connectivity index (χ2v) is 2.83. The molecule has 1 unspecified atom stereocenters. The zero-order chi connectivity index (χ0) is 9.14. The first-order valence-electron chi connectivity index (χ1n) is 3.85. The number of carbonyl (C=O) groups excluding carboxylic acids is 1. The molecule has 5 nitrogen and oxygen atoms in total. The molecule has 1 rings (SSSR count). The summed E-state index contributed by atoms with van der Waals surface area (Å²) in [5, 5.41) is 11.2. The van der Waals surface area contributed by atoms with Crippen molar-refractivity contribution in [3.05, 3.63) is 0 Å². The summed E-state index contributed by atoms with van der Waals surface area (Å²) >= 11 is 0. The molecule has 68 valence electrons. The van der Waals surface area contributed by atoms with Gasteiger partial charge in [-0.25, -0.2) is 0 Å². The highest BCUT2D eigenvalue weighted by Gasteiger charge is 2.26. The number of amides is 1. The molecule has 12 heavy (non-hydrogen) atoms. The van der Waals surface area contributed by atoms with Crippen LogP contribution in [-0.2, 0) is 9.59 Å². The Bertz CT molecular complexity index is 205. The highest BCUT2D eigenvalue weighted by atomic mass is 16.4. The van der Waals surface area contributed by atoms with Crippen molar-refractivity contribution < 1.29 is 14.7 Å². The van der Waals surface area contributed by atoms with Gasteiger partial charge in [0.15, 0.2) is 0 Å². The summed E-state index contributed by atoms with van der Waals surface area (Å²) in [4.78, 5) is 23.0. The van der Waals surface area contributed by atoms with E-state index in [0.717, 1.165) is 0 Å². The van der Waals surface area contributed by atoms with Crippen molar-refractivity contribution in [2.75, 3.05) is 19.6 Å². The third kappa shape index (κ3) is 1.94. The molecule has 0 bridgehead atoms. The fourth-order valence-corrected chi connectivity index (χ4v) is 1.22. The molecule has 5 heteroatoms. The summed E-state index contributed by atoms with van der Waals surface area (Å²) in [6.45, 7) is 2.79. The number of nitrogens with zero attached hydrogens (tertiary/aromatic N) is 1. The molecule has 2 N–H and O–H groups in total. The van der Waals surface area contributed by atoms with Gasteiger partial charge in [-0.15, -0.1) is 0 Å². The molecule has 0 saturated carbocycles. The number of aliphatic carboxylic acids is 1. The normalized spacial score (nSPS) is 25.1.